The second kappa shape index (κ2) is 7.77. The lowest BCUT2D eigenvalue weighted by Crippen LogP contribution is -2.45. The number of piperidine rings is 1. The molecule has 0 saturated carbocycles. The summed E-state index contributed by atoms with van der Waals surface area (Å²) in [4.78, 5) is 14.2. The molecule has 7 heteroatoms. The minimum atomic E-state index is 0.00633. The molecular formula is C16H27N5O2. The number of carbonyl (C=O) groups excluding carboxylic acids is 1. The van der Waals surface area contributed by atoms with Gasteiger partial charge in [-0.15, -0.1) is 10.2 Å². The lowest BCUT2D eigenvalue weighted by atomic mass is 9.98. The van der Waals surface area contributed by atoms with Gasteiger partial charge in [-0.05, 0) is 31.6 Å². The fourth-order valence-corrected chi connectivity index (χ4v) is 3.48. The number of hydrogen-bond acceptors (Lipinski definition) is 4. The van der Waals surface area contributed by atoms with Gasteiger partial charge in [0.15, 0.2) is 5.82 Å². The summed E-state index contributed by atoms with van der Waals surface area (Å²) in [6.07, 6.45) is 6.61. The number of aryl methyl sites for hydroxylation is 1. The number of carbonyl (C=O) groups is 1. The molecule has 0 bridgehead atoms. The fourth-order valence-electron chi connectivity index (χ4n) is 3.48. The number of rotatable bonds is 4. The lowest BCUT2D eigenvalue weighted by molar-refractivity contribution is 0.107. The molecule has 7 nitrogen and oxygen atoms in total. The molecule has 0 aromatic carbocycles. The quantitative estimate of drug-likeness (QED) is 0.914. The molecule has 1 N–H and O–H groups in total. The van der Waals surface area contributed by atoms with Crippen molar-refractivity contribution in [1.82, 2.24) is 25.0 Å². The van der Waals surface area contributed by atoms with Crippen molar-refractivity contribution in [2.45, 2.75) is 51.6 Å². The molecule has 3 heterocycles. The van der Waals surface area contributed by atoms with E-state index in [2.05, 4.69) is 20.1 Å². The maximum Gasteiger partial charge on any atom is 0.317 e. The molecule has 1 aromatic rings. The highest BCUT2D eigenvalue weighted by molar-refractivity contribution is 5.74. The predicted molar refractivity (Wildman–Crippen MR) is 86.0 cm³/mol. The van der Waals surface area contributed by atoms with Crippen LogP contribution in [0.3, 0.4) is 0 Å². The zero-order valence-corrected chi connectivity index (χ0v) is 14.0. The Bertz CT molecular complexity index is 523. The number of hydrogen-bond donors (Lipinski definition) is 1. The van der Waals surface area contributed by atoms with E-state index in [1.54, 1.807) is 7.11 Å². The third-order valence-corrected chi connectivity index (χ3v) is 4.89. The van der Waals surface area contributed by atoms with Crippen LogP contribution in [0.15, 0.2) is 0 Å². The van der Waals surface area contributed by atoms with Crippen molar-refractivity contribution in [2.75, 3.05) is 26.8 Å². The van der Waals surface area contributed by atoms with E-state index >= 15 is 0 Å². The Morgan fingerprint density at radius 1 is 1.22 bits per heavy atom. The highest BCUT2D eigenvalue weighted by atomic mass is 16.5. The Kier molecular flexibility index (Phi) is 5.48. The number of urea groups is 1. The van der Waals surface area contributed by atoms with E-state index in [9.17, 15) is 4.79 Å². The van der Waals surface area contributed by atoms with Crippen LogP contribution in [0.2, 0.25) is 0 Å². The van der Waals surface area contributed by atoms with E-state index < -0.39 is 0 Å². The highest BCUT2D eigenvalue weighted by Gasteiger charge is 2.23. The molecule has 1 saturated heterocycles. The Morgan fingerprint density at radius 3 is 2.83 bits per heavy atom. The second-order valence-corrected chi connectivity index (χ2v) is 6.54. The van der Waals surface area contributed by atoms with E-state index in [4.69, 9.17) is 4.74 Å². The van der Waals surface area contributed by atoms with Crippen LogP contribution in [0.1, 0.15) is 43.8 Å². The van der Waals surface area contributed by atoms with Gasteiger partial charge in [0.05, 0.1) is 6.54 Å². The Hall–Kier alpha value is -1.63. The minimum Gasteiger partial charge on any atom is -0.384 e. The van der Waals surface area contributed by atoms with E-state index in [1.807, 2.05) is 4.90 Å². The monoisotopic (exact) mass is 321 g/mol. The average molecular weight is 321 g/mol. The average Bonchev–Trinajstić information content (AvgIpc) is 2.80. The summed E-state index contributed by atoms with van der Waals surface area (Å²) >= 11 is 0. The summed E-state index contributed by atoms with van der Waals surface area (Å²) in [7, 11) is 1.74. The molecule has 1 aromatic heterocycles. The molecular weight excluding hydrogens is 294 g/mol. The Balaban J connectivity index is 1.49. The molecule has 23 heavy (non-hydrogen) atoms. The molecule has 0 spiro atoms. The Morgan fingerprint density at radius 2 is 2.04 bits per heavy atom. The van der Waals surface area contributed by atoms with Crippen LogP contribution in [0, 0.1) is 5.92 Å². The first kappa shape index (κ1) is 16.2. The van der Waals surface area contributed by atoms with Crippen molar-refractivity contribution in [1.29, 1.82) is 0 Å². The molecule has 3 rings (SSSR count). The fraction of sp³-hybridized carbons (Fsp3) is 0.812. The zero-order chi connectivity index (χ0) is 16.1. The van der Waals surface area contributed by atoms with Gasteiger partial charge in [-0.1, -0.05) is 6.42 Å². The van der Waals surface area contributed by atoms with Crippen LogP contribution in [0.25, 0.3) is 0 Å². The van der Waals surface area contributed by atoms with Gasteiger partial charge in [-0.2, -0.15) is 0 Å². The largest absolute Gasteiger partial charge is 0.384 e. The molecule has 0 aliphatic carbocycles. The number of methoxy groups -OCH3 is 1. The molecule has 0 atom stereocenters. The normalized spacial score (nSPS) is 19.3. The SMILES string of the molecule is COCC1CCN(C(=O)NCc2nnc3n2CCCCC3)CC1. The van der Waals surface area contributed by atoms with Crippen molar-refractivity contribution >= 4 is 6.03 Å². The number of likely N-dealkylation sites (tertiary alicyclic amines) is 1. The molecule has 0 radical (unpaired) electrons. The zero-order valence-electron chi connectivity index (χ0n) is 14.0. The topological polar surface area (TPSA) is 72.3 Å². The maximum atomic E-state index is 12.3. The summed E-state index contributed by atoms with van der Waals surface area (Å²) in [5.74, 6) is 2.52. The van der Waals surface area contributed by atoms with Gasteiger partial charge in [0.1, 0.15) is 5.82 Å². The van der Waals surface area contributed by atoms with Crippen molar-refractivity contribution in [3.05, 3.63) is 11.6 Å². The van der Waals surface area contributed by atoms with Crippen molar-refractivity contribution in [2.24, 2.45) is 5.92 Å². The summed E-state index contributed by atoms with van der Waals surface area (Å²) in [5.41, 5.74) is 0. The first-order valence-corrected chi connectivity index (χ1v) is 8.70. The summed E-state index contributed by atoms with van der Waals surface area (Å²) in [6.45, 7) is 3.83. The van der Waals surface area contributed by atoms with Crippen molar-refractivity contribution in [3.8, 4) is 0 Å². The van der Waals surface area contributed by atoms with Gasteiger partial charge >= 0.3 is 6.03 Å². The van der Waals surface area contributed by atoms with Gasteiger partial charge in [-0.3, -0.25) is 0 Å². The van der Waals surface area contributed by atoms with Crippen molar-refractivity contribution < 1.29 is 9.53 Å². The summed E-state index contributed by atoms with van der Waals surface area (Å²) in [5, 5.41) is 11.5. The number of amides is 2. The third kappa shape index (κ3) is 4.02. The minimum absolute atomic E-state index is 0.00633. The van der Waals surface area contributed by atoms with Crippen LogP contribution >= 0.6 is 0 Å². The van der Waals surface area contributed by atoms with E-state index in [0.29, 0.717) is 12.5 Å². The van der Waals surface area contributed by atoms with Gasteiger partial charge in [0.2, 0.25) is 0 Å². The molecule has 1 fully saturated rings. The highest BCUT2D eigenvalue weighted by Crippen LogP contribution is 2.18. The number of nitrogens with zero attached hydrogens (tertiary/aromatic N) is 4. The summed E-state index contributed by atoms with van der Waals surface area (Å²) < 4.78 is 7.38. The lowest BCUT2D eigenvalue weighted by Gasteiger charge is -2.31. The van der Waals surface area contributed by atoms with Gasteiger partial charge in [0, 0.05) is 39.8 Å². The molecule has 128 valence electrons. The summed E-state index contributed by atoms with van der Waals surface area (Å²) in [6, 6.07) is 0.00633. The number of ether oxygens (including phenoxy) is 1. The Labute approximate surface area is 137 Å². The van der Waals surface area contributed by atoms with E-state index in [-0.39, 0.29) is 6.03 Å². The maximum absolute atomic E-state index is 12.3. The van der Waals surface area contributed by atoms with Crippen LogP contribution in [-0.2, 0) is 24.2 Å². The van der Waals surface area contributed by atoms with Crippen LogP contribution in [-0.4, -0.2) is 52.5 Å². The van der Waals surface area contributed by atoms with E-state index in [0.717, 1.165) is 57.2 Å². The number of nitrogens with one attached hydrogen (secondary N) is 1. The first-order chi connectivity index (χ1) is 11.3. The molecule has 2 aliphatic heterocycles. The predicted octanol–water partition coefficient (Wildman–Crippen LogP) is 1.57. The smallest absolute Gasteiger partial charge is 0.317 e. The number of fused-ring (bicyclic) bond motifs is 1. The van der Waals surface area contributed by atoms with E-state index in [1.165, 1.54) is 19.3 Å². The third-order valence-electron chi connectivity index (χ3n) is 4.89. The first-order valence-electron chi connectivity index (χ1n) is 8.70. The van der Waals surface area contributed by atoms with Crippen molar-refractivity contribution in [3.63, 3.8) is 0 Å². The van der Waals surface area contributed by atoms with Crippen LogP contribution in [0.4, 0.5) is 4.79 Å². The molecule has 2 aliphatic rings. The van der Waals surface area contributed by atoms with Gasteiger partial charge in [-0.25, -0.2) is 4.79 Å². The van der Waals surface area contributed by atoms with Gasteiger partial charge < -0.3 is 19.5 Å². The second-order valence-electron chi connectivity index (χ2n) is 6.54. The van der Waals surface area contributed by atoms with Crippen LogP contribution < -0.4 is 5.32 Å². The van der Waals surface area contributed by atoms with Crippen LogP contribution in [0.5, 0.6) is 0 Å². The standard InChI is InChI=1S/C16H27N5O2/c1-23-12-13-6-9-20(10-7-13)16(22)17-11-15-19-18-14-5-3-2-4-8-21(14)15/h13H,2-12H2,1H3,(H,17,22). The number of aromatic nitrogens is 3. The molecule has 2 amide bonds. The molecule has 0 unspecified atom stereocenters. The van der Waals surface area contributed by atoms with Gasteiger partial charge in [0.25, 0.3) is 0 Å².